The Morgan fingerprint density at radius 2 is 1.71 bits per heavy atom. The van der Waals surface area contributed by atoms with Crippen molar-refractivity contribution in [1.29, 1.82) is 5.26 Å². The second-order valence-corrected chi connectivity index (χ2v) is 6.87. The maximum atomic E-state index is 9.26. The third kappa shape index (κ3) is 4.04. The summed E-state index contributed by atoms with van der Waals surface area (Å²) in [6.07, 6.45) is 2.53. The van der Waals surface area contributed by atoms with Crippen LogP contribution in [0.4, 0.5) is 28.8 Å². The van der Waals surface area contributed by atoms with Crippen LogP contribution in [0.25, 0.3) is 0 Å². The third-order valence-electron chi connectivity index (χ3n) is 4.76. The molecule has 140 valence electrons. The Bertz CT molecular complexity index is 1000. The fourth-order valence-electron chi connectivity index (χ4n) is 3.38. The van der Waals surface area contributed by atoms with E-state index in [4.69, 9.17) is 0 Å². The highest BCUT2D eigenvalue weighted by Crippen LogP contribution is 2.24. The molecular weight excluding hydrogens is 348 g/mol. The summed E-state index contributed by atoms with van der Waals surface area (Å²) < 4.78 is 0. The van der Waals surface area contributed by atoms with Crippen molar-refractivity contribution in [3.8, 4) is 6.07 Å². The van der Waals surface area contributed by atoms with Gasteiger partial charge in [-0.2, -0.15) is 10.2 Å². The van der Waals surface area contributed by atoms with Gasteiger partial charge in [-0.1, -0.05) is 12.1 Å². The van der Waals surface area contributed by atoms with E-state index in [-0.39, 0.29) is 0 Å². The van der Waals surface area contributed by atoms with Gasteiger partial charge in [0.2, 0.25) is 5.95 Å². The molecule has 0 radical (unpaired) electrons. The topological polar surface area (TPSA) is 76.9 Å². The van der Waals surface area contributed by atoms with Gasteiger partial charge in [-0.15, -0.1) is 0 Å². The van der Waals surface area contributed by atoms with Crippen molar-refractivity contribution in [2.24, 2.45) is 0 Å². The van der Waals surface area contributed by atoms with Crippen molar-refractivity contribution >= 4 is 28.8 Å². The summed E-state index contributed by atoms with van der Waals surface area (Å²) in [5.74, 6) is 1.16. The lowest BCUT2D eigenvalue weighted by atomic mass is 10.2. The number of rotatable bonds is 5. The smallest absolute Gasteiger partial charge is 0.229 e. The average Bonchev–Trinajstić information content (AvgIpc) is 3.23. The highest BCUT2D eigenvalue weighted by atomic mass is 15.2. The second kappa shape index (κ2) is 7.97. The second-order valence-electron chi connectivity index (χ2n) is 6.87. The van der Waals surface area contributed by atoms with Crippen LogP contribution >= 0.6 is 0 Å². The average molecular weight is 370 g/mol. The molecule has 1 saturated heterocycles. The molecule has 4 rings (SSSR count). The van der Waals surface area contributed by atoms with E-state index in [9.17, 15) is 5.26 Å². The van der Waals surface area contributed by atoms with Gasteiger partial charge in [0.05, 0.1) is 11.3 Å². The molecule has 0 amide bonds. The Hall–Kier alpha value is -3.59. The fourth-order valence-corrected chi connectivity index (χ4v) is 3.38. The lowest BCUT2D eigenvalue weighted by Gasteiger charge is -2.18. The highest BCUT2D eigenvalue weighted by molar-refractivity contribution is 5.66. The van der Waals surface area contributed by atoms with E-state index in [1.165, 1.54) is 18.5 Å². The zero-order chi connectivity index (χ0) is 19.3. The molecule has 0 unspecified atom stereocenters. The SMILES string of the molecule is Cc1cc(Nc2ccccc2C#N)nc(Nc2ccc(N3CCCC3)cc2)n1. The van der Waals surface area contributed by atoms with Crippen LogP contribution in [0.2, 0.25) is 0 Å². The van der Waals surface area contributed by atoms with Crippen molar-refractivity contribution in [2.45, 2.75) is 19.8 Å². The molecule has 3 aromatic rings. The standard InChI is InChI=1S/C22H22N6/c1-16-14-21(26-20-7-3-2-6-17(20)15-23)27-22(24-16)25-18-8-10-19(11-9-18)28-12-4-5-13-28/h2-3,6-11,14H,4-5,12-13H2,1H3,(H2,24,25,26,27). The molecule has 2 aromatic carbocycles. The number of para-hydroxylation sites is 1. The molecule has 6 nitrogen and oxygen atoms in total. The van der Waals surface area contributed by atoms with E-state index < -0.39 is 0 Å². The third-order valence-corrected chi connectivity index (χ3v) is 4.76. The first-order valence-electron chi connectivity index (χ1n) is 9.45. The number of nitrogens with one attached hydrogen (secondary N) is 2. The van der Waals surface area contributed by atoms with Crippen LogP contribution in [-0.4, -0.2) is 23.1 Å². The molecule has 2 heterocycles. The Labute approximate surface area is 164 Å². The Morgan fingerprint density at radius 3 is 2.46 bits per heavy atom. The first-order chi connectivity index (χ1) is 13.7. The Balaban J connectivity index is 1.51. The molecule has 0 saturated carbocycles. The summed E-state index contributed by atoms with van der Waals surface area (Å²) in [6.45, 7) is 4.19. The number of anilines is 5. The molecule has 1 aliphatic rings. The van der Waals surface area contributed by atoms with Gasteiger partial charge < -0.3 is 15.5 Å². The summed E-state index contributed by atoms with van der Waals surface area (Å²) in [7, 11) is 0. The number of hydrogen-bond donors (Lipinski definition) is 2. The van der Waals surface area contributed by atoms with Crippen molar-refractivity contribution in [3.63, 3.8) is 0 Å². The van der Waals surface area contributed by atoms with Crippen LogP contribution in [0.15, 0.2) is 54.6 Å². The lowest BCUT2D eigenvalue weighted by molar-refractivity contribution is 0.949. The zero-order valence-electron chi connectivity index (χ0n) is 15.8. The molecule has 2 N–H and O–H groups in total. The number of nitrogens with zero attached hydrogens (tertiary/aromatic N) is 4. The van der Waals surface area contributed by atoms with Gasteiger partial charge in [-0.05, 0) is 56.2 Å². The minimum absolute atomic E-state index is 0.519. The van der Waals surface area contributed by atoms with E-state index in [0.29, 0.717) is 17.3 Å². The maximum Gasteiger partial charge on any atom is 0.229 e. The van der Waals surface area contributed by atoms with Gasteiger partial charge in [-0.3, -0.25) is 0 Å². The summed E-state index contributed by atoms with van der Waals surface area (Å²) in [5.41, 5.74) is 4.33. The molecule has 28 heavy (non-hydrogen) atoms. The number of aromatic nitrogens is 2. The molecule has 0 spiro atoms. The van der Waals surface area contributed by atoms with Gasteiger partial charge >= 0.3 is 0 Å². The van der Waals surface area contributed by atoms with E-state index in [0.717, 1.165) is 30.2 Å². The molecule has 1 aromatic heterocycles. The quantitative estimate of drug-likeness (QED) is 0.675. The summed E-state index contributed by atoms with van der Waals surface area (Å²) in [5, 5.41) is 15.8. The van der Waals surface area contributed by atoms with Crippen LogP contribution in [0.5, 0.6) is 0 Å². The number of nitriles is 1. The van der Waals surface area contributed by atoms with Crippen molar-refractivity contribution in [3.05, 3.63) is 65.9 Å². The van der Waals surface area contributed by atoms with E-state index in [1.54, 1.807) is 6.07 Å². The fraction of sp³-hybridized carbons (Fsp3) is 0.227. The first kappa shape index (κ1) is 17.8. The van der Waals surface area contributed by atoms with Crippen molar-refractivity contribution < 1.29 is 0 Å². The van der Waals surface area contributed by atoms with Crippen molar-refractivity contribution in [1.82, 2.24) is 9.97 Å². The van der Waals surface area contributed by atoms with Crippen LogP contribution in [-0.2, 0) is 0 Å². The Morgan fingerprint density at radius 1 is 0.964 bits per heavy atom. The van der Waals surface area contributed by atoms with E-state index >= 15 is 0 Å². The minimum atomic E-state index is 0.519. The molecule has 1 aliphatic heterocycles. The minimum Gasteiger partial charge on any atom is -0.372 e. The van der Waals surface area contributed by atoms with Gasteiger partial charge in [0, 0.05) is 36.2 Å². The summed E-state index contributed by atoms with van der Waals surface area (Å²) in [4.78, 5) is 11.4. The van der Waals surface area contributed by atoms with Crippen LogP contribution in [0.3, 0.4) is 0 Å². The number of aryl methyl sites for hydroxylation is 1. The molecule has 1 fully saturated rings. The Kier molecular flexibility index (Phi) is 5.07. The van der Waals surface area contributed by atoms with Crippen LogP contribution < -0.4 is 15.5 Å². The predicted molar refractivity (Wildman–Crippen MR) is 112 cm³/mol. The van der Waals surface area contributed by atoms with Gasteiger partial charge in [0.1, 0.15) is 11.9 Å². The van der Waals surface area contributed by atoms with Gasteiger partial charge in [0.25, 0.3) is 0 Å². The molecule has 6 heteroatoms. The first-order valence-corrected chi connectivity index (χ1v) is 9.45. The normalized spacial score (nSPS) is 13.2. The van der Waals surface area contributed by atoms with E-state index in [1.807, 2.05) is 31.2 Å². The molecule has 0 aliphatic carbocycles. The largest absolute Gasteiger partial charge is 0.372 e. The van der Waals surface area contributed by atoms with Gasteiger partial charge in [0.15, 0.2) is 0 Å². The predicted octanol–water partition coefficient (Wildman–Crippen LogP) is 4.74. The lowest BCUT2D eigenvalue weighted by Crippen LogP contribution is -2.17. The maximum absolute atomic E-state index is 9.26. The molecular formula is C22H22N6. The van der Waals surface area contributed by atoms with E-state index in [2.05, 4.69) is 55.8 Å². The molecule has 0 bridgehead atoms. The summed E-state index contributed by atoms with van der Waals surface area (Å²) >= 11 is 0. The summed E-state index contributed by atoms with van der Waals surface area (Å²) in [6, 6.07) is 19.8. The van der Waals surface area contributed by atoms with Crippen LogP contribution in [0, 0.1) is 18.3 Å². The van der Waals surface area contributed by atoms with Crippen LogP contribution in [0.1, 0.15) is 24.1 Å². The monoisotopic (exact) mass is 370 g/mol. The zero-order valence-corrected chi connectivity index (χ0v) is 15.8. The number of hydrogen-bond acceptors (Lipinski definition) is 6. The highest BCUT2D eigenvalue weighted by Gasteiger charge is 2.12. The molecule has 0 atom stereocenters. The van der Waals surface area contributed by atoms with Gasteiger partial charge in [-0.25, -0.2) is 4.98 Å². The number of benzene rings is 2. The van der Waals surface area contributed by atoms with Crippen molar-refractivity contribution in [2.75, 3.05) is 28.6 Å².